The average molecular weight is 393 g/mol. The summed E-state index contributed by atoms with van der Waals surface area (Å²) in [6.07, 6.45) is -4.98. The largest absolute Gasteiger partial charge is 0.416 e. The molecule has 9 heteroatoms. The SMILES string of the molecule is NC(=O)Nc1ccc(C(=O)N2C[C@@H](O)C[C@@H]2c2ccc(C(F)(F)F)cc2)cc1. The Balaban J connectivity index is 1.81. The van der Waals surface area contributed by atoms with Crippen LogP contribution < -0.4 is 11.1 Å². The molecule has 4 N–H and O–H groups in total. The molecule has 6 nitrogen and oxygen atoms in total. The van der Waals surface area contributed by atoms with E-state index in [1.165, 1.54) is 41.3 Å². The molecule has 0 saturated carbocycles. The molecule has 2 aromatic carbocycles. The first kappa shape index (κ1) is 19.7. The summed E-state index contributed by atoms with van der Waals surface area (Å²) in [5, 5.41) is 12.4. The van der Waals surface area contributed by atoms with Gasteiger partial charge in [0, 0.05) is 17.8 Å². The predicted molar refractivity (Wildman–Crippen MR) is 95.5 cm³/mol. The van der Waals surface area contributed by atoms with Gasteiger partial charge in [-0.15, -0.1) is 0 Å². The Labute approximate surface area is 158 Å². The number of urea groups is 1. The highest BCUT2D eigenvalue weighted by Gasteiger charge is 2.36. The lowest BCUT2D eigenvalue weighted by Crippen LogP contribution is -2.31. The molecule has 3 rings (SSSR count). The molecule has 0 aliphatic carbocycles. The lowest BCUT2D eigenvalue weighted by molar-refractivity contribution is -0.137. The number of anilines is 1. The zero-order valence-electron chi connectivity index (χ0n) is 14.6. The van der Waals surface area contributed by atoms with E-state index in [1.54, 1.807) is 0 Å². The number of hydrogen-bond donors (Lipinski definition) is 3. The molecule has 1 aliphatic heterocycles. The normalized spacial score (nSPS) is 19.5. The smallest absolute Gasteiger partial charge is 0.391 e. The first-order valence-corrected chi connectivity index (χ1v) is 8.48. The third-order valence-corrected chi connectivity index (χ3v) is 4.56. The Morgan fingerprint density at radius 1 is 1.07 bits per heavy atom. The van der Waals surface area contributed by atoms with Crippen molar-refractivity contribution < 1.29 is 27.9 Å². The van der Waals surface area contributed by atoms with Crippen LogP contribution in [-0.4, -0.2) is 34.6 Å². The second-order valence-electron chi connectivity index (χ2n) is 6.55. The number of nitrogens with two attached hydrogens (primary N) is 1. The molecule has 28 heavy (non-hydrogen) atoms. The van der Waals surface area contributed by atoms with Crippen LogP contribution in [0.3, 0.4) is 0 Å². The molecule has 2 atom stereocenters. The van der Waals surface area contributed by atoms with Crippen molar-refractivity contribution >= 4 is 17.6 Å². The third-order valence-electron chi connectivity index (χ3n) is 4.56. The van der Waals surface area contributed by atoms with Gasteiger partial charge in [-0.3, -0.25) is 4.79 Å². The van der Waals surface area contributed by atoms with Crippen molar-refractivity contribution in [2.45, 2.75) is 24.7 Å². The van der Waals surface area contributed by atoms with Crippen molar-refractivity contribution in [3.05, 3.63) is 65.2 Å². The molecule has 148 valence electrons. The van der Waals surface area contributed by atoms with Crippen LogP contribution in [0.2, 0.25) is 0 Å². The Morgan fingerprint density at radius 2 is 1.68 bits per heavy atom. The van der Waals surface area contributed by atoms with Crippen molar-refractivity contribution in [2.24, 2.45) is 5.73 Å². The zero-order valence-corrected chi connectivity index (χ0v) is 14.6. The summed E-state index contributed by atoms with van der Waals surface area (Å²) in [5.74, 6) is -0.368. The maximum Gasteiger partial charge on any atom is 0.416 e. The summed E-state index contributed by atoms with van der Waals surface area (Å²) in [7, 11) is 0. The van der Waals surface area contributed by atoms with Crippen molar-refractivity contribution in [3.63, 3.8) is 0 Å². The van der Waals surface area contributed by atoms with E-state index in [0.29, 0.717) is 16.8 Å². The summed E-state index contributed by atoms with van der Waals surface area (Å²) < 4.78 is 38.3. The Bertz CT molecular complexity index is 867. The summed E-state index contributed by atoms with van der Waals surface area (Å²) in [6, 6.07) is 9.34. The Hall–Kier alpha value is -3.07. The second kappa shape index (κ2) is 7.51. The molecule has 0 bridgehead atoms. The van der Waals surface area contributed by atoms with E-state index in [2.05, 4.69) is 5.32 Å². The summed E-state index contributed by atoms with van der Waals surface area (Å²) >= 11 is 0. The van der Waals surface area contributed by atoms with Gasteiger partial charge >= 0.3 is 12.2 Å². The number of amides is 3. The summed E-state index contributed by atoms with van der Waals surface area (Å²) in [5.41, 5.74) is 5.52. The van der Waals surface area contributed by atoms with Crippen LogP contribution in [-0.2, 0) is 6.18 Å². The van der Waals surface area contributed by atoms with E-state index >= 15 is 0 Å². The van der Waals surface area contributed by atoms with Gasteiger partial charge in [-0.1, -0.05) is 12.1 Å². The fraction of sp³-hybridized carbons (Fsp3) is 0.263. The van der Waals surface area contributed by atoms with E-state index in [-0.39, 0.29) is 18.9 Å². The fourth-order valence-electron chi connectivity index (χ4n) is 3.25. The molecule has 1 fully saturated rings. The monoisotopic (exact) mass is 393 g/mol. The van der Waals surface area contributed by atoms with Gasteiger partial charge in [0.05, 0.1) is 17.7 Å². The van der Waals surface area contributed by atoms with E-state index in [4.69, 9.17) is 5.73 Å². The Kier molecular flexibility index (Phi) is 5.28. The minimum atomic E-state index is -4.44. The van der Waals surface area contributed by atoms with Crippen LogP contribution in [0.5, 0.6) is 0 Å². The molecular formula is C19H18F3N3O3. The topological polar surface area (TPSA) is 95.7 Å². The molecule has 0 aromatic heterocycles. The number of carbonyl (C=O) groups excluding carboxylic acids is 2. The summed E-state index contributed by atoms with van der Waals surface area (Å²) in [4.78, 5) is 25.1. The van der Waals surface area contributed by atoms with Gasteiger partial charge in [-0.05, 0) is 48.4 Å². The molecule has 0 radical (unpaired) electrons. The maximum atomic E-state index is 12.9. The first-order valence-electron chi connectivity index (χ1n) is 8.48. The molecule has 1 heterocycles. The lowest BCUT2D eigenvalue weighted by atomic mass is 10.0. The minimum absolute atomic E-state index is 0.0752. The van der Waals surface area contributed by atoms with Gasteiger partial charge in [-0.25, -0.2) is 4.79 Å². The van der Waals surface area contributed by atoms with E-state index in [0.717, 1.165) is 12.1 Å². The number of primary amides is 1. The van der Waals surface area contributed by atoms with Crippen LogP contribution in [0, 0.1) is 0 Å². The number of nitrogens with one attached hydrogen (secondary N) is 1. The third kappa shape index (κ3) is 4.25. The molecule has 1 saturated heterocycles. The van der Waals surface area contributed by atoms with Gasteiger partial charge in [0.2, 0.25) is 0 Å². The zero-order chi connectivity index (χ0) is 20.5. The molecule has 2 aromatic rings. The average Bonchev–Trinajstić information content (AvgIpc) is 3.02. The van der Waals surface area contributed by atoms with Crippen molar-refractivity contribution in [1.82, 2.24) is 4.90 Å². The number of hydrogen-bond acceptors (Lipinski definition) is 3. The van der Waals surface area contributed by atoms with Crippen LogP contribution in [0.4, 0.5) is 23.7 Å². The van der Waals surface area contributed by atoms with Crippen LogP contribution in [0.25, 0.3) is 0 Å². The highest BCUT2D eigenvalue weighted by Crippen LogP contribution is 2.36. The van der Waals surface area contributed by atoms with E-state index < -0.39 is 29.9 Å². The highest BCUT2D eigenvalue weighted by molar-refractivity contribution is 5.96. The van der Waals surface area contributed by atoms with E-state index in [1.807, 2.05) is 0 Å². The number of aliphatic hydroxyl groups is 1. The molecular weight excluding hydrogens is 375 g/mol. The van der Waals surface area contributed by atoms with E-state index in [9.17, 15) is 27.9 Å². The second-order valence-corrected chi connectivity index (χ2v) is 6.55. The van der Waals surface area contributed by atoms with Gasteiger partial charge in [-0.2, -0.15) is 13.2 Å². The minimum Gasteiger partial charge on any atom is -0.391 e. The number of carbonyl (C=O) groups is 2. The lowest BCUT2D eigenvalue weighted by Gasteiger charge is -2.25. The number of aliphatic hydroxyl groups excluding tert-OH is 1. The first-order chi connectivity index (χ1) is 13.1. The van der Waals surface area contributed by atoms with Gasteiger partial charge < -0.3 is 21.1 Å². The number of alkyl halides is 3. The number of nitrogens with zero attached hydrogens (tertiary/aromatic N) is 1. The Morgan fingerprint density at radius 3 is 2.21 bits per heavy atom. The number of rotatable bonds is 3. The number of likely N-dealkylation sites (tertiary alicyclic amines) is 1. The van der Waals surface area contributed by atoms with Crippen LogP contribution >= 0.6 is 0 Å². The van der Waals surface area contributed by atoms with Crippen LogP contribution in [0.15, 0.2) is 48.5 Å². The van der Waals surface area contributed by atoms with Gasteiger partial charge in [0.15, 0.2) is 0 Å². The quantitative estimate of drug-likeness (QED) is 0.748. The highest BCUT2D eigenvalue weighted by atomic mass is 19.4. The number of β-amino-alcohol motifs (C(OH)–C–C–N with tert-alkyl or cyclic N) is 1. The standard InChI is InChI=1S/C19H18F3N3O3/c20-19(21,22)13-5-1-11(2-6-13)16-9-15(26)10-25(16)17(27)12-3-7-14(8-4-12)24-18(23)28/h1-8,15-16,26H,9-10H2,(H3,23,24,28)/t15-,16+/m0/s1. The maximum absolute atomic E-state index is 12.9. The van der Waals surface area contributed by atoms with Crippen molar-refractivity contribution in [1.29, 1.82) is 0 Å². The van der Waals surface area contributed by atoms with Crippen LogP contribution in [0.1, 0.15) is 33.9 Å². The predicted octanol–water partition coefficient (Wildman–Crippen LogP) is 3.14. The molecule has 3 amide bonds. The molecule has 0 unspecified atom stereocenters. The van der Waals surface area contributed by atoms with Gasteiger partial charge in [0.25, 0.3) is 5.91 Å². The van der Waals surface area contributed by atoms with Gasteiger partial charge in [0.1, 0.15) is 0 Å². The summed E-state index contributed by atoms with van der Waals surface area (Å²) in [6.45, 7) is 0.0752. The molecule has 0 spiro atoms. The molecule has 1 aliphatic rings. The van der Waals surface area contributed by atoms with Crippen molar-refractivity contribution in [3.8, 4) is 0 Å². The van der Waals surface area contributed by atoms with Crippen molar-refractivity contribution in [2.75, 3.05) is 11.9 Å². The number of halogens is 3. The number of benzene rings is 2. The fourth-order valence-corrected chi connectivity index (χ4v) is 3.25.